The van der Waals surface area contributed by atoms with Crippen LogP contribution in [0.15, 0.2) is 48.5 Å². The smallest absolute Gasteiger partial charge is 0.224 e. The zero-order chi connectivity index (χ0) is 21.6. The number of benzene rings is 2. The Morgan fingerprint density at radius 2 is 1.23 bits per heavy atom. The topological polar surface area (TPSA) is 70.2 Å². The van der Waals surface area contributed by atoms with E-state index in [1.54, 1.807) is 0 Å². The van der Waals surface area contributed by atoms with Gasteiger partial charge in [-0.1, -0.05) is 57.6 Å². The standard InChI is InChI=1S/C25H35N3O2/c1-3-4-5-6-7-8-9-10-25(30)28-24-17-15-22(16-18-24)26-19-21-11-13-23(14-12-21)27-20(2)29/h11-18,26H,3-10,19H2,1-2H3,(H,27,29)(H,28,30). The molecule has 0 saturated carbocycles. The van der Waals surface area contributed by atoms with Crippen molar-refractivity contribution in [2.24, 2.45) is 0 Å². The zero-order valence-corrected chi connectivity index (χ0v) is 18.3. The lowest BCUT2D eigenvalue weighted by Crippen LogP contribution is -2.11. The van der Waals surface area contributed by atoms with Gasteiger partial charge in [0.15, 0.2) is 0 Å². The van der Waals surface area contributed by atoms with Gasteiger partial charge in [-0.2, -0.15) is 0 Å². The van der Waals surface area contributed by atoms with Gasteiger partial charge in [-0.25, -0.2) is 0 Å². The van der Waals surface area contributed by atoms with Crippen molar-refractivity contribution in [3.63, 3.8) is 0 Å². The SMILES string of the molecule is CCCCCCCCCC(=O)Nc1ccc(NCc2ccc(NC(C)=O)cc2)cc1. The molecule has 0 saturated heterocycles. The Labute approximate surface area is 180 Å². The average molecular weight is 410 g/mol. The van der Waals surface area contributed by atoms with E-state index in [0.29, 0.717) is 13.0 Å². The second-order valence-corrected chi connectivity index (χ2v) is 7.73. The van der Waals surface area contributed by atoms with E-state index in [-0.39, 0.29) is 11.8 Å². The van der Waals surface area contributed by atoms with Gasteiger partial charge in [0.1, 0.15) is 0 Å². The van der Waals surface area contributed by atoms with Gasteiger partial charge in [-0.15, -0.1) is 0 Å². The first kappa shape index (κ1) is 23.5. The molecule has 5 heteroatoms. The van der Waals surface area contributed by atoms with E-state index in [0.717, 1.165) is 35.5 Å². The highest BCUT2D eigenvalue weighted by molar-refractivity contribution is 5.90. The van der Waals surface area contributed by atoms with E-state index < -0.39 is 0 Å². The summed E-state index contributed by atoms with van der Waals surface area (Å²) in [5, 5.41) is 9.10. The third-order valence-electron chi connectivity index (χ3n) is 4.95. The summed E-state index contributed by atoms with van der Waals surface area (Å²) in [5.74, 6) is 0.0130. The summed E-state index contributed by atoms with van der Waals surface area (Å²) < 4.78 is 0. The molecule has 30 heavy (non-hydrogen) atoms. The molecule has 0 aliphatic carbocycles. The second kappa shape index (κ2) is 13.4. The van der Waals surface area contributed by atoms with Crippen LogP contribution in [0.25, 0.3) is 0 Å². The van der Waals surface area contributed by atoms with Gasteiger partial charge in [0.05, 0.1) is 0 Å². The van der Waals surface area contributed by atoms with Crippen LogP contribution in [0.3, 0.4) is 0 Å². The summed E-state index contributed by atoms with van der Waals surface area (Å²) >= 11 is 0. The van der Waals surface area contributed by atoms with Crippen LogP contribution in [-0.4, -0.2) is 11.8 Å². The number of unbranched alkanes of at least 4 members (excludes halogenated alkanes) is 6. The van der Waals surface area contributed by atoms with E-state index in [9.17, 15) is 9.59 Å². The summed E-state index contributed by atoms with van der Waals surface area (Å²) in [6.07, 6.45) is 9.07. The first-order chi connectivity index (χ1) is 14.6. The quantitative estimate of drug-likeness (QED) is 0.338. The van der Waals surface area contributed by atoms with Gasteiger partial charge in [0.2, 0.25) is 11.8 Å². The molecule has 0 atom stereocenters. The highest BCUT2D eigenvalue weighted by Crippen LogP contribution is 2.16. The largest absolute Gasteiger partial charge is 0.381 e. The molecule has 162 valence electrons. The second-order valence-electron chi connectivity index (χ2n) is 7.73. The number of amides is 2. The third kappa shape index (κ3) is 9.59. The molecule has 0 unspecified atom stereocenters. The molecule has 5 nitrogen and oxygen atoms in total. The maximum absolute atomic E-state index is 12.1. The average Bonchev–Trinajstić information content (AvgIpc) is 2.73. The highest BCUT2D eigenvalue weighted by atomic mass is 16.2. The molecule has 0 aliphatic rings. The van der Waals surface area contributed by atoms with Crippen molar-refractivity contribution in [3.8, 4) is 0 Å². The predicted molar refractivity (Wildman–Crippen MR) is 126 cm³/mol. The number of carbonyl (C=O) groups excluding carboxylic acids is 2. The molecular weight excluding hydrogens is 374 g/mol. The lowest BCUT2D eigenvalue weighted by atomic mass is 10.1. The predicted octanol–water partition coefficient (Wildman–Crippen LogP) is 6.34. The van der Waals surface area contributed by atoms with Crippen LogP contribution in [0.4, 0.5) is 17.1 Å². The van der Waals surface area contributed by atoms with Gasteiger partial charge < -0.3 is 16.0 Å². The Balaban J connectivity index is 1.66. The number of hydrogen-bond acceptors (Lipinski definition) is 3. The molecule has 0 aromatic heterocycles. The number of nitrogens with one attached hydrogen (secondary N) is 3. The summed E-state index contributed by atoms with van der Waals surface area (Å²) in [4.78, 5) is 23.1. The first-order valence-corrected chi connectivity index (χ1v) is 11.1. The molecule has 2 amide bonds. The number of rotatable bonds is 13. The highest BCUT2D eigenvalue weighted by Gasteiger charge is 2.03. The van der Waals surface area contributed by atoms with Crippen molar-refractivity contribution in [2.45, 2.75) is 71.8 Å². The van der Waals surface area contributed by atoms with Gasteiger partial charge in [-0.3, -0.25) is 9.59 Å². The lowest BCUT2D eigenvalue weighted by molar-refractivity contribution is -0.116. The van der Waals surface area contributed by atoms with Crippen molar-refractivity contribution in [1.29, 1.82) is 0 Å². The molecule has 2 aromatic carbocycles. The molecule has 2 aromatic rings. The van der Waals surface area contributed by atoms with Crippen molar-refractivity contribution >= 4 is 28.9 Å². The molecule has 3 N–H and O–H groups in total. The monoisotopic (exact) mass is 409 g/mol. The number of carbonyl (C=O) groups is 2. The van der Waals surface area contributed by atoms with Crippen molar-refractivity contribution < 1.29 is 9.59 Å². The Morgan fingerprint density at radius 1 is 0.700 bits per heavy atom. The first-order valence-electron chi connectivity index (χ1n) is 11.1. The zero-order valence-electron chi connectivity index (χ0n) is 18.3. The Morgan fingerprint density at radius 3 is 1.87 bits per heavy atom. The van der Waals surface area contributed by atoms with E-state index in [2.05, 4.69) is 22.9 Å². The fourth-order valence-corrected chi connectivity index (χ4v) is 3.25. The molecule has 0 spiro atoms. The van der Waals surface area contributed by atoms with Crippen molar-refractivity contribution in [2.75, 3.05) is 16.0 Å². The molecule has 2 rings (SSSR count). The Bertz CT molecular complexity index is 770. The van der Waals surface area contributed by atoms with Crippen molar-refractivity contribution in [3.05, 3.63) is 54.1 Å². The molecule has 0 radical (unpaired) electrons. The minimum atomic E-state index is -0.0736. The molecular formula is C25H35N3O2. The number of anilines is 3. The fourth-order valence-electron chi connectivity index (χ4n) is 3.25. The minimum absolute atomic E-state index is 0.0736. The molecule has 0 heterocycles. The normalized spacial score (nSPS) is 10.5. The van der Waals surface area contributed by atoms with E-state index in [1.807, 2.05) is 48.5 Å². The van der Waals surface area contributed by atoms with Crippen LogP contribution in [0.5, 0.6) is 0 Å². The number of hydrogen-bond donors (Lipinski definition) is 3. The van der Waals surface area contributed by atoms with Crippen LogP contribution in [0.2, 0.25) is 0 Å². The van der Waals surface area contributed by atoms with Gasteiger partial charge in [0, 0.05) is 37.0 Å². The maximum atomic E-state index is 12.1. The van der Waals surface area contributed by atoms with E-state index >= 15 is 0 Å². The van der Waals surface area contributed by atoms with Crippen LogP contribution < -0.4 is 16.0 Å². The third-order valence-corrected chi connectivity index (χ3v) is 4.95. The summed E-state index contributed by atoms with van der Waals surface area (Å²) in [6, 6.07) is 15.5. The summed E-state index contributed by atoms with van der Waals surface area (Å²) in [6.45, 7) is 4.41. The lowest BCUT2D eigenvalue weighted by Gasteiger charge is -2.10. The van der Waals surface area contributed by atoms with Crippen LogP contribution >= 0.6 is 0 Å². The van der Waals surface area contributed by atoms with Gasteiger partial charge in [0.25, 0.3) is 0 Å². The van der Waals surface area contributed by atoms with Crippen LogP contribution in [0, 0.1) is 0 Å². The van der Waals surface area contributed by atoms with E-state index in [4.69, 9.17) is 0 Å². The van der Waals surface area contributed by atoms with Gasteiger partial charge >= 0.3 is 0 Å². The summed E-state index contributed by atoms with van der Waals surface area (Å²) in [5.41, 5.74) is 3.73. The molecule has 0 bridgehead atoms. The molecule has 0 fully saturated rings. The van der Waals surface area contributed by atoms with Crippen LogP contribution in [-0.2, 0) is 16.1 Å². The maximum Gasteiger partial charge on any atom is 0.224 e. The van der Waals surface area contributed by atoms with Gasteiger partial charge in [-0.05, 0) is 48.4 Å². The Hall–Kier alpha value is -2.82. The van der Waals surface area contributed by atoms with E-state index in [1.165, 1.54) is 39.0 Å². The minimum Gasteiger partial charge on any atom is -0.381 e. The van der Waals surface area contributed by atoms with Crippen molar-refractivity contribution in [1.82, 2.24) is 0 Å². The Kier molecular flexibility index (Phi) is 10.5. The fraction of sp³-hybridized carbons (Fsp3) is 0.440. The molecule has 0 aliphatic heterocycles. The summed E-state index contributed by atoms with van der Waals surface area (Å²) in [7, 11) is 0. The van der Waals surface area contributed by atoms with Crippen LogP contribution in [0.1, 0.15) is 70.8 Å².